The normalized spacial score (nSPS) is 17.3. The van der Waals surface area contributed by atoms with E-state index in [0.717, 1.165) is 17.5 Å². The van der Waals surface area contributed by atoms with E-state index in [1.807, 2.05) is 0 Å². The van der Waals surface area contributed by atoms with Crippen LogP contribution in [0.25, 0.3) is 10.9 Å². The number of aromatic nitrogens is 1. The van der Waals surface area contributed by atoms with Gasteiger partial charge >= 0.3 is 6.18 Å². The van der Waals surface area contributed by atoms with Crippen molar-refractivity contribution in [3.63, 3.8) is 0 Å². The van der Waals surface area contributed by atoms with Gasteiger partial charge in [-0.2, -0.15) is 13.2 Å². The summed E-state index contributed by atoms with van der Waals surface area (Å²) < 4.78 is 39.2. The van der Waals surface area contributed by atoms with Crippen molar-refractivity contribution in [2.45, 2.75) is 38.1 Å². The third-order valence-electron chi connectivity index (χ3n) is 6.77. The van der Waals surface area contributed by atoms with E-state index < -0.39 is 47.5 Å². The standard InChI is InChI=1S/C28H35F3N6O4/c1-17(15-23(38)37(13-10-32)14-11-33)26(40)36-24(25(39)18-4-6-20(7-5-18)28(29,30)31)27(41)35-21-8-9-22-19(16-21)3-2-12-34-22/h2-4,6-9,12,16-18,24-25,39H,5,10-11,13-15,32-33H2,1H3,(H,35,41)(H,36,40). The summed E-state index contributed by atoms with van der Waals surface area (Å²) >= 11 is 0. The Balaban J connectivity index is 1.79. The molecule has 3 rings (SSSR count). The molecule has 0 aliphatic heterocycles. The van der Waals surface area contributed by atoms with E-state index in [2.05, 4.69) is 15.6 Å². The van der Waals surface area contributed by atoms with Gasteiger partial charge in [-0.3, -0.25) is 19.4 Å². The summed E-state index contributed by atoms with van der Waals surface area (Å²) in [6.07, 6.45) is -1.95. The van der Waals surface area contributed by atoms with Crippen molar-refractivity contribution in [1.29, 1.82) is 0 Å². The van der Waals surface area contributed by atoms with Gasteiger partial charge in [-0.1, -0.05) is 31.2 Å². The van der Waals surface area contributed by atoms with Crippen LogP contribution in [0.5, 0.6) is 0 Å². The molecule has 2 aromatic rings. The van der Waals surface area contributed by atoms with Crippen LogP contribution in [-0.4, -0.2) is 77.2 Å². The van der Waals surface area contributed by atoms with Crippen molar-refractivity contribution in [3.05, 3.63) is 60.3 Å². The minimum Gasteiger partial charge on any atom is -0.390 e. The Bertz CT molecular complexity index is 1290. The number of rotatable bonds is 12. The summed E-state index contributed by atoms with van der Waals surface area (Å²) in [5, 5.41) is 17.0. The minimum absolute atomic E-state index is 0.199. The van der Waals surface area contributed by atoms with Crippen LogP contribution in [0.2, 0.25) is 0 Å². The van der Waals surface area contributed by atoms with Gasteiger partial charge in [0.1, 0.15) is 6.04 Å². The first-order valence-corrected chi connectivity index (χ1v) is 13.2. The molecule has 0 spiro atoms. The molecule has 41 heavy (non-hydrogen) atoms. The van der Waals surface area contributed by atoms with E-state index in [9.17, 15) is 32.7 Å². The molecule has 0 saturated heterocycles. The van der Waals surface area contributed by atoms with E-state index >= 15 is 0 Å². The predicted octanol–water partition coefficient (Wildman–Crippen LogP) is 1.86. The predicted molar refractivity (Wildman–Crippen MR) is 148 cm³/mol. The summed E-state index contributed by atoms with van der Waals surface area (Å²) in [6.45, 7) is 2.44. The number of aliphatic hydroxyl groups is 1. The highest BCUT2D eigenvalue weighted by atomic mass is 19.4. The Morgan fingerprint density at radius 3 is 2.46 bits per heavy atom. The molecule has 10 nitrogen and oxygen atoms in total. The van der Waals surface area contributed by atoms with Gasteiger partial charge in [0.05, 0.1) is 17.2 Å². The number of benzene rings is 1. The summed E-state index contributed by atoms with van der Waals surface area (Å²) in [7, 11) is 0. The van der Waals surface area contributed by atoms with Crippen LogP contribution in [0.3, 0.4) is 0 Å². The van der Waals surface area contributed by atoms with E-state index in [0.29, 0.717) is 11.2 Å². The second-order valence-corrected chi connectivity index (χ2v) is 9.86. The lowest BCUT2D eigenvalue weighted by atomic mass is 9.87. The van der Waals surface area contributed by atoms with Gasteiger partial charge in [0.15, 0.2) is 0 Å². The zero-order valence-corrected chi connectivity index (χ0v) is 22.6. The molecular weight excluding hydrogens is 541 g/mol. The number of pyridine rings is 1. The van der Waals surface area contributed by atoms with Crippen LogP contribution in [0, 0.1) is 11.8 Å². The molecule has 1 aromatic carbocycles. The van der Waals surface area contributed by atoms with E-state index in [1.165, 1.54) is 17.9 Å². The lowest BCUT2D eigenvalue weighted by molar-refractivity contribution is -0.137. The topological polar surface area (TPSA) is 164 Å². The number of anilines is 1. The number of alkyl halides is 3. The number of hydrogen-bond donors (Lipinski definition) is 5. The number of carbonyl (C=O) groups is 3. The van der Waals surface area contributed by atoms with Crippen molar-refractivity contribution in [3.8, 4) is 0 Å². The first-order valence-electron chi connectivity index (χ1n) is 13.2. The SMILES string of the molecule is CC(CC(=O)N(CCN)CCN)C(=O)NC(C(=O)Nc1ccc2ncccc2c1)C(O)C1C=CC(C(F)(F)F)=CC1. The molecule has 1 aromatic heterocycles. The van der Waals surface area contributed by atoms with Crippen LogP contribution >= 0.6 is 0 Å². The van der Waals surface area contributed by atoms with E-state index in [-0.39, 0.29) is 44.9 Å². The number of fused-ring (bicyclic) bond motifs is 1. The summed E-state index contributed by atoms with van der Waals surface area (Å²) in [6, 6.07) is 6.93. The van der Waals surface area contributed by atoms with Gasteiger partial charge in [-0.05, 0) is 30.7 Å². The average Bonchev–Trinajstić information content (AvgIpc) is 2.94. The first kappa shape index (κ1) is 31.7. The van der Waals surface area contributed by atoms with Crippen molar-refractivity contribution in [2.75, 3.05) is 31.5 Å². The number of aliphatic hydroxyl groups excluding tert-OH is 1. The molecule has 3 amide bonds. The first-order chi connectivity index (χ1) is 19.4. The van der Waals surface area contributed by atoms with Gasteiger partial charge in [0.25, 0.3) is 0 Å². The Hall–Kier alpha value is -3.81. The zero-order chi connectivity index (χ0) is 30.2. The number of halogens is 3. The third-order valence-corrected chi connectivity index (χ3v) is 6.77. The smallest absolute Gasteiger partial charge is 0.390 e. The number of nitrogens with two attached hydrogens (primary N) is 2. The molecule has 222 valence electrons. The third kappa shape index (κ3) is 8.59. The molecule has 0 radical (unpaired) electrons. The molecule has 0 bridgehead atoms. The fourth-order valence-corrected chi connectivity index (χ4v) is 4.48. The van der Waals surface area contributed by atoms with Gasteiger partial charge in [-0.15, -0.1) is 0 Å². The Morgan fingerprint density at radius 1 is 1.15 bits per heavy atom. The number of allylic oxidation sites excluding steroid dienone is 3. The summed E-state index contributed by atoms with van der Waals surface area (Å²) in [4.78, 5) is 44.9. The number of amides is 3. The van der Waals surface area contributed by atoms with E-state index in [4.69, 9.17) is 11.5 Å². The van der Waals surface area contributed by atoms with Crippen LogP contribution in [0.1, 0.15) is 19.8 Å². The maximum absolute atomic E-state index is 13.4. The number of carbonyl (C=O) groups excluding carboxylic acids is 3. The van der Waals surface area contributed by atoms with Crippen molar-refractivity contribution in [1.82, 2.24) is 15.2 Å². The van der Waals surface area contributed by atoms with Crippen LogP contribution in [0.15, 0.2) is 60.3 Å². The monoisotopic (exact) mass is 576 g/mol. The number of nitrogens with zero attached hydrogens (tertiary/aromatic N) is 2. The largest absolute Gasteiger partial charge is 0.416 e. The maximum atomic E-state index is 13.4. The van der Waals surface area contributed by atoms with Crippen molar-refractivity contribution < 1.29 is 32.7 Å². The Kier molecular flexibility index (Phi) is 11.0. The molecule has 13 heteroatoms. The highest BCUT2D eigenvalue weighted by Gasteiger charge is 2.38. The van der Waals surface area contributed by atoms with Crippen LogP contribution < -0.4 is 22.1 Å². The lowest BCUT2D eigenvalue weighted by Gasteiger charge is -2.30. The van der Waals surface area contributed by atoms with Gasteiger partial charge in [-0.25, -0.2) is 0 Å². The quantitative estimate of drug-likeness (QED) is 0.257. The van der Waals surface area contributed by atoms with Crippen molar-refractivity contribution in [2.24, 2.45) is 23.3 Å². The molecule has 7 N–H and O–H groups in total. The van der Waals surface area contributed by atoms with Gasteiger partial charge < -0.3 is 32.1 Å². The molecule has 0 fully saturated rings. The Labute approximate surface area is 235 Å². The highest BCUT2D eigenvalue weighted by molar-refractivity contribution is 5.99. The second kappa shape index (κ2) is 14.2. The molecule has 1 aliphatic carbocycles. The highest BCUT2D eigenvalue weighted by Crippen LogP contribution is 2.32. The summed E-state index contributed by atoms with van der Waals surface area (Å²) in [5.74, 6) is -3.60. The number of hydrogen-bond acceptors (Lipinski definition) is 7. The maximum Gasteiger partial charge on any atom is 0.416 e. The van der Waals surface area contributed by atoms with Gasteiger partial charge in [0.2, 0.25) is 17.7 Å². The molecule has 1 heterocycles. The fourth-order valence-electron chi connectivity index (χ4n) is 4.48. The zero-order valence-electron chi connectivity index (χ0n) is 22.6. The number of nitrogens with one attached hydrogen (secondary N) is 2. The lowest BCUT2D eigenvalue weighted by Crippen LogP contribution is -2.54. The second-order valence-electron chi connectivity index (χ2n) is 9.86. The molecule has 1 aliphatic rings. The molecule has 4 unspecified atom stereocenters. The fraction of sp³-hybridized carbons (Fsp3) is 0.429. The molecular formula is C28H35F3N6O4. The van der Waals surface area contributed by atoms with Crippen molar-refractivity contribution >= 4 is 34.3 Å². The average molecular weight is 577 g/mol. The minimum atomic E-state index is -4.55. The van der Waals surface area contributed by atoms with Crippen LogP contribution in [-0.2, 0) is 14.4 Å². The molecule has 4 atom stereocenters. The van der Waals surface area contributed by atoms with Crippen LogP contribution in [0.4, 0.5) is 18.9 Å². The summed E-state index contributed by atoms with van der Waals surface area (Å²) in [5.41, 5.74) is 11.3. The van der Waals surface area contributed by atoms with Gasteiger partial charge in [0, 0.05) is 61.7 Å². The molecule has 0 saturated carbocycles. The Morgan fingerprint density at radius 2 is 1.85 bits per heavy atom. The van der Waals surface area contributed by atoms with E-state index in [1.54, 1.807) is 36.5 Å².